The first kappa shape index (κ1) is 29.9. The molecule has 8 nitrogen and oxygen atoms in total. The van der Waals surface area contributed by atoms with Crippen LogP contribution >= 0.6 is 0 Å². The van der Waals surface area contributed by atoms with E-state index in [0.29, 0.717) is 38.6 Å². The number of Topliss-reactive ketones (excluding diaryl/α,β-unsaturated/α-hetero) is 1. The van der Waals surface area contributed by atoms with Gasteiger partial charge >= 0.3 is 0 Å². The first-order valence-electron chi connectivity index (χ1n) is 11.9. The molecule has 31 heavy (non-hydrogen) atoms. The van der Waals surface area contributed by atoms with Gasteiger partial charge in [0.25, 0.3) is 0 Å². The van der Waals surface area contributed by atoms with Crippen LogP contribution in [-0.4, -0.2) is 81.2 Å². The van der Waals surface area contributed by atoms with Crippen LogP contribution in [0.2, 0.25) is 0 Å². The molecule has 0 spiro atoms. The third-order valence-corrected chi connectivity index (χ3v) is 5.34. The lowest BCUT2D eigenvalue weighted by atomic mass is 9.93. The Labute approximate surface area is 188 Å². The standard InChI is InChI=1S/C23H46N2O6/c1-5-20(4)24-12-10-16-29-14-8-9-15-30-17-11-13-25-22(27)19-31-18-21(26)23(28,6-2)7-3/h20,24,28H,5-19H2,1-4H3,(H,25,27). The number of aliphatic hydroxyl groups is 1. The Balaban J connectivity index is 3.40. The van der Waals surface area contributed by atoms with Gasteiger partial charge in [-0.15, -0.1) is 0 Å². The highest BCUT2D eigenvalue weighted by molar-refractivity contribution is 5.88. The molecule has 0 aromatic heterocycles. The van der Waals surface area contributed by atoms with Gasteiger partial charge in [-0.25, -0.2) is 0 Å². The highest BCUT2D eigenvalue weighted by atomic mass is 16.5. The molecule has 0 bridgehead atoms. The normalized spacial score (nSPS) is 12.7. The molecule has 1 atom stereocenters. The van der Waals surface area contributed by atoms with Gasteiger partial charge in [0.15, 0.2) is 5.78 Å². The molecule has 3 N–H and O–H groups in total. The van der Waals surface area contributed by atoms with Crippen molar-refractivity contribution in [3.8, 4) is 0 Å². The van der Waals surface area contributed by atoms with E-state index in [1.807, 2.05) is 0 Å². The van der Waals surface area contributed by atoms with Crippen molar-refractivity contribution in [2.24, 2.45) is 0 Å². The molecule has 184 valence electrons. The van der Waals surface area contributed by atoms with Gasteiger partial charge in [-0.05, 0) is 58.4 Å². The molecule has 0 rings (SSSR count). The highest BCUT2D eigenvalue weighted by Crippen LogP contribution is 2.15. The van der Waals surface area contributed by atoms with Crippen LogP contribution in [0, 0.1) is 0 Å². The Hall–Kier alpha value is -1.06. The number of hydrogen-bond acceptors (Lipinski definition) is 7. The van der Waals surface area contributed by atoms with Crippen LogP contribution in [0.15, 0.2) is 0 Å². The van der Waals surface area contributed by atoms with Crippen LogP contribution in [0.5, 0.6) is 0 Å². The summed E-state index contributed by atoms with van der Waals surface area (Å²) in [4.78, 5) is 23.6. The summed E-state index contributed by atoms with van der Waals surface area (Å²) >= 11 is 0. The summed E-state index contributed by atoms with van der Waals surface area (Å²) in [5, 5.41) is 16.2. The monoisotopic (exact) mass is 446 g/mol. The Morgan fingerprint density at radius 1 is 0.839 bits per heavy atom. The molecule has 1 amide bonds. The van der Waals surface area contributed by atoms with E-state index < -0.39 is 5.60 Å². The number of carbonyl (C=O) groups is 2. The summed E-state index contributed by atoms with van der Waals surface area (Å²) in [7, 11) is 0. The molecule has 0 aliphatic heterocycles. The van der Waals surface area contributed by atoms with Crippen molar-refractivity contribution in [2.75, 3.05) is 52.7 Å². The summed E-state index contributed by atoms with van der Waals surface area (Å²) < 4.78 is 16.3. The van der Waals surface area contributed by atoms with Gasteiger partial charge < -0.3 is 30.0 Å². The first-order chi connectivity index (χ1) is 14.9. The van der Waals surface area contributed by atoms with Gasteiger partial charge in [0.1, 0.15) is 18.8 Å². The third kappa shape index (κ3) is 16.3. The fraction of sp³-hybridized carbons (Fsp3) is 0.913. The lowest BCUT2D eigenvalue weighted by molar-refractivity contribution is -0.144. The van der Waals surface area contributed by atoms with E-state index in [2.05, 4.69) is 24.5 Å². The summed E-state index contributed by atoms with van der Waals surface area (Å²) in [6, 6.07) is 0.573. The van der Waals surface area contributed by atoms with Crippen LogP contribution in [0.3, 0.4) is 0 Å². The average molecular weight is 447 g/mol. The fourth-order valence-electron chi connectivity index (χ4n) is 2.75. The lowest BCUT2D eigenvalue weighted by Gasteiger charge is -2.23. The zero-order valence-corrected chi connectivity index (χ0v) is 20.2. The summed E-state index contributed by atoms with van der Waals surface area (Å²) in [6.45, 7) is 11.7. The van der Waals surface area contributed by atoms with Gasteiger partial charge in [0, 0.05) is 39.0 Å². The van der Waals surface area contributed by atoms with Gasteiger partial charge in [0.05, 0.1) is 0 Å². The smallest absolute Gasteiger partial charge is 0.246 e. The number of hydrogen-bond donors (Lipinski definition) is 3. The molecule has 1 unspecified atom stereocenters. The van der Waals surface area contributed by atoms with Gasteiger partial charge in [-0.3, -0.25) is 9.59 Å². The topological polar surface area (TPSA) is 106 Å². The predicted octanol–water partition coefficient (Wildman–Crippen LogP) is 2.22. The fourth-order valence-corrected chi connectivity index (χ4v) is 2.75. The van der Waals surface area contributed by atoms with Crippen LogP contribution < -0.4 is 10.6 Å². The SMILES string of the molecule is CCC(C)NCCCOCCCCOCCCNC(=O)COCC(=O)C(O)(CC)CC. The van der Waals surface area contributed by atoms with Crippen LogP contribution in [0.1, 0.15) is 72.6 Å². The molecule has 0 saturated heterocycles. The Kier molecular flexibility index (Phi) is 18.9. The van der Waals surface area contributed by atoms with Crippen LogP contribution in [0.4, 0.5) is 0 Å². The van der Waals surface area contributed by atoms with Crippen molar-refractivity contribution >= 4 is 11.7 Å². The van der Waals surface area contributed by atoms with E-state index in [1.54, 1.807) is 13.8 Å². The molecular formula is C23H46N2O6. The maximum Gasteiger partial charge on any atom is 0.246 e. The third-order valence-electron chi connectivity index (χ3n) is 5.34. The van der Waals surface area contributed by atoms with Crippen molar-refractivity contribution in [1.29, 1.82) is 0 Å². The van der Waals surface area contributed by atoms with E-state index in [-0.39, 0.29) is 24.9 Å². The maximum absolute atomic E-state index is 11.9. The van der Waals surface area contributed by atoms with Crippen LogP contribution in [0.25, 0.3) is 0 Å². The number of carbonyl (C=O) groups excluding carboxylic acids is 2. The number of rotatable bonds is 22. The zero-order valence-electron chi connectivity index (χ0n) is 20.2. The van der Waals surface area contributed by atoms with Crippen molar-refractivity contribution in [2.45, 2.75) is 84.3 Å². The number of unbranched alkanes of at least 4 members (excludes halogenated alkanes) is 1. The second-order valence-corrected chi connectivity index (χ2v) is 7.91. The summed E-state index contributed by atoms with van der Waals surface area (Å²) in [5.74, 6) is -0.663. The van der Waals surface area contributed by atoms with Crippen molar-refractivity contribution < 1.29 is 28.9 Å². The molecule has 0 heterocycles. The molecular weight excluding hydrogens is 400 g/mol. The number of ketones is 1. The van der Waals surface area contributed by atoms with Crippen molar-refractivity contribution in [3.05, 3.63) is 0 Å². The van der Waals surface area contributed by atoms with Gasteiger partial charge in [0.2, 0.25) is 5.91 Å². The Morgan fingerprint density at radius 2 is 1.39 bits per heavy atom. The van der Waals surface area contributed by atoms with E-state index in [9.17, 15) is 14.7 Å². The summed E-state index contributed by atoms with van der Waals surface area (Å²) in [6.07, 6.45) is 5.51. The van der Waals surface area contributed by atoms with E-state index in [1.165, 1.54) is 0 Å². The Bertz CT molecular complexity index is 457. The molecule has 0 radical (unpaired) electrons. The van der Waals surface area contributed by atoms with E-state index in [0.717, 1.165) is 51.9 Å². The molecule has 0 aromatic rings. The van der Waals surface area contributed by atoms with E-state index >= 15 is 0 Å². The predicted molar refractivity (Wildman–Crippen MR) is 122 cm³/mol. The van der Waals surface area contributed by atoms with Gasteiger partial charge in [-0.1, -0.05) is 20.8 Å². The second kappa shape index (κ2) is 19.6. The summed E-state index contributed by atoms with van der Waals surface area (Å²) in [5.41, 5.74) is -1.36. The minimum atomic E-state index is -1.36. The highest BCUT2D eigenvalue weighted by Gasteiger charge is 2.31. The quantitative estimate of drug-likeness (QED) is 0.219. The first-order valence-corrected chi connectivity index (χ1v) is 11.9. The largest absolute Gasteiger partial charge is 0.382 e. The minimum absolute atomic E-state index is 0.191. The number of ether oxygens (including phenoxy) is 3. The van der Waals surface area contributed by atoms with Crippen molar-refractivity contribution in [1.82, 2.24) is 10.6 Å². The molecule has 0 saturated carbocycles. The molecule has 0 fully saturated rings. The minimum Gasteiger partial charge on any atom is -0.382 e. The second-order valence-electron chi connectivity index (χ2n) is 7.91. The lowest BCUT2D eigenvalue weighted by Crippen LogP contribution is -2.40. The molecule has 0 aliphatic carbocycles. The number of nitrogens with one attached hydrogen (secondary N) is 2. The molecule has 0 aromatic carbocycles. The zero-order chi connectivity index (χ0) is 23.4. The molecule has 0 aliphatic rings. The maximum atomic E-state index is 11.9. The van der Waals surface area contributed by atoms with Crippen LogP contribution in [-0.2, 0) is 23.8 Å². The van der Waals surface area contributed by atoms with Crippen molar-refractivity contribution in [3.63, 3.8) is 0 Å². The average Bonchev–Trinajstić information content (AvgIpc) is 2.78. The molecule has 8 heteroatoms. The number of amides is 1. The Morgan fingerprint density at radius 3 is 1.94 bits per heavy atom. The van der Waals surface area contributed by atoms with E-state index in [4.69, 9.17) is 14.2 Å². The van der Waals surface area contributed by atoms with Gasteiger partial charge in [-0.2, -0.15) is 0 Å².